The molecule has 1 amide bonds. The maximum Gasteiger partial charge on any atom is 0.340 e. The summed E-state index contributed by atoms with van der Waals surface area (Å²) in [7, 11) is -2.45. The number of carbonyl (C=O) groups excluding carboxylic acids is 2. The molecule has 0 bridgehead atoms. The standard InChI is InChI=1S/C34H30Cl2N2O7S/c1-4-44-34(40)32-22(2)38(26-11-13-27(43-3)14-12-26)33(39)31(32)19-28-15-16-29(45-28)21-37(20-23-5-7-24(35)8-6-23)46(41,42)30-17-9-25(36)10-18-30/h5-19H,4,20-21H2,1-3H3/b31-19+. The van der Waals surface area contributed by atoms with E-state index in [0.717, 1.165) is 0 Å². The molecule has 0 atom stereocenters. The highest BCUT2D eigenvalue weighted by Gasteiger charge is 2.38. The molecule has 0 spiro atoms. The topological polar surface area (TPSA) is 106 Å². The number of amides is 1. The number of furan rings is 1. The summed E-state index contributed by atoms with van der Waals surface area (Å²) in [4.78, 5) is 28.3. The second-order valence-corrected chi connectivity index (χ2v) is 13.0. The molecular weight excluding hydrogens is 651 g/mol. The number of halogens is 2. The van der Waals surface area contributed by atoms with Crippen molar-refractivity contribution in [3.8, 4) is 5.75 Å². The molecule has 1 aliphatic heterocycles. The SMILES string of the molecule is CCOC(=O)C1=C(C)N(c2ccc(OC)cc2)C(=O)/C1=C/c1ccc(CN(Cc2ccc(Cl)cc2)S(=O)(=O)c2ccc(Cl)cc2)o1. The molecule has 46 heavy (non-hydrogen) atoms. The van der Waals surface area contributed by atoms with Gasteiger partial charge in [0.2, 0.25) is 10.0 Å². The highest BCUT2D eigenvalue weighted by Crippen LogP contribution is 2.36. The van der Waals surface area contributed by atoms with Crippen molar-refractivity contribution in [3.05, 3.63) is 129 Å². The monoisotopic (exact) mass is 680 g/mol. The molecule has 3 aromatic carbocycles. The number of carbonyl (C=O) groups is 2. The summed E-state index contributed by atoms with van der Waals surface area (Å²) < 4.78 is 45.4. The number of rotatable bonds is 11. The van der Waals surface area contributed by atoms with Gasteiger partial charge in [0, 0.05) is 28.0 Å². The molecule has 0 aliphatic carbocycles. The fraction of sp³-hybridized carbons (Fsp3) is 0.176. The third-order valence-electron chi connectivity index (χ3n) is 7.24. The summed E-state index contributed by atoms with van der Waals surface area (Å²) in [6.07, 6.45) is 1.46. The van der Waals surface area contributed by atoms with E-state index >= 15 is 0 Å². The minimum atomic E-state index is -3.99. The van der Waals surface area contributed by atoms with Crippen molar-refractivity contribution >= 4 is 56.9 Å². The molecule has 0 saturated carbocycles. The second-order valence-electron chi connectivity index (χ2n) is 10.2. The Bertz CT molecular complexity index is 1920. The van der Waals surface area contributed by atoms with Gasteiger partial charge < -0.3 is 13.9 Å². The number of methoxy groups -OCH3 is 1. The van der Waals surface area contributed by atoms with E-state index in [4.69, 9.17) is 37.1 Å². The Labute approximate surface area is 277 Å². The van der Waals surface area contributed by atoms with E-state index in [1.165, 1.54) is 39.5 Å². The van der Waals surface area contributed by atoms with Gasteiger partial charge in [-0.25, -0.2) is 13.2 Å². The first-order valence-corrected chi connectivity index (χ1v) is 16.4. The zero-order valence-electron chi connectivity index (χ0n) is 25.2. The predicted octanol–water partition coefficient (Wildman–Crippen LogP) is 7.25. The molecule has 238 valence electrons. The molecule has 12 heteroatoms. The van der Waals surface area contributed by atoms with Crippen LogP contribution in [0.1, 0.15) is 30.9 Å². The molecule has 5 rings (SSSR count). The molecule has 4 aromatic rings. The number of hydrogen-bond acceptors (Lipinski definition) is 7. The lowest BCUT2D eigenvalue weighted by molar-refractivity contribution is -0.138. The number of hydrogen-bond donors (Lipinski definition) is 0. The average molecular weight is 682 g/mol. The van der Waals surface area contributed by atoms with Gasteiger partial charge in [0.05, 0.1) is 36.3 Å². The molecule has 2 heterocycles. The van der Waals surface area contributed by atoms with E-state index in [1.54, 1.807) is 81.6 Å². The van der Waals surface area contributed by atoms with Gasteiger partial charge in [0.15, 0.2) is 0 Å². The summed E-state index contributed by atoms with van der Waals surface area (Å²) in [6.45, 7) is 3.38. The number of sulfonamides is 1. The van der Waals surface area contributed by atoms with Crippen LogP contribution in [0.4, 0.5) is 5.69 Å². The molecule has 9 nitrogen and oxygen atoms in total. The summed E-state index contributed by atoms with van der Waals surface area (Å²) in [5.74, 6) is 0.0858. The lowest BCUT2D eigenvalue weighted by Gasteiger charge is -2.21. The highest BCUT2D eigenvalue weighted by atomic mass is 35.5. The summed E-state index contributed by atoms with van der Waals surface area (Å²) >= 11 is 12.1. The molecule has 0 radical (unpaired) electrons. The molecule has 0 fully saturated rings. The molecule has 1 aliphatic rings. The second kappa shape index (κ2) is 14.0. The molecule has 0 unspecified atom stereocenters. The summed E-state index contributed by atoms with van der Waals surface area (Å²) in [5, 5.41) is 0.934. The lowest BCUT2D eigenvalue weighted by atomic mass is 10.1. The van der Waals surface area contributed by atoms with Gasteiger partial charge in [0.25, 0.3) is 5.91 Å². The van der Waals surface area contributed by atoms with Crippen LogP contribution in [0.2, 0.25) is 10.0 Å². The van der Waals surface area contributed by atoms with Crippen molar-refractivity contribution in [2.24, 2.45) is 0 Å². The average Bonchev–Trinajstić information content (AvgIpc) is 3.58. The van der Waals surface area contributed by atoms with Crippen LogP contribution in [0.25, 0.3) is 6.08 Å². The van der Waals surface area contributed by atoms with Crippen molar-refractivity contribution in [1.82, 2.24) is 4.31 Å². The normalized spacial score (nSPS) is 14.4. The minimum absolute atomic E-state index is 0.0312. The Kier molecular flexibility index (Phi) is 10.0. The van der Waals surface area contributed by atoms with E-state index in [-0.39, 0.29) is 41.5 Å². The number of esters is 1. The molecular formula is C34H30Cl2N2O7S. The number of anilines is 1. The van der Waals surface area contributed by atoms with Gasteiger partial charge in [-0.05, 0) is 98.3 Å². The third kappa shape index (κ3) is 7.05. The van der Waals surface area contributed by atoms with Gasteiger partial charge in [0.1, 0.15) is 17.3 Å². The van der Waals surface area contributed by atoms with Crippen LogP contribution in [-0.4, -0.2) is 38.3 Å². The van der Waals surface area contributed by atoms with Crippen LogP contribution in [0.3, 0.4) is 0 Å². The molecule has 0 N–H and O–H groups in total. The van der Waals surface area contributed by atoms with E-state index in [1.807, 2.05) is 0 Å². The fourth-order valence-corrected chi connectivity index (χ4v) is 6.62. The maximum absolute atomic E-state index is 13.8. The van der Waals surface area contributed by atoms with Crippen LogP contribution in [0.5, 0.6) is 5.75 Å². The van der Waals surface area contributed by atoms with Gasteiger partial charge in [-0.15, -0.1) is 0 Å². The van der Waals surface area contributed by atoms with Crippen LogP contribution < -0.4 is 9.64 Å². The van der Waals surface area contributed by atoms with Crippen molar-refractivity contribution in [2.75, 3.05) is 18.6 Å². The predicted molar refractivity (Wildman–Crippen MR) is 176 cm³/mol. The zero-order chi connectivity index (χ0) is 33.0. The van der Waals surface area contributed by atoms with Crippen LogP contribution >= 0.6 is 23.2 Å². The van der Waals surface area contributed by atoms with Crippen LogP contribution in [-0.2, 0) is 37.4 Å². The van der Waals surface area contributed by atoms with E-state index in [0.29, 0.717) is 38.5 Å². The summed E-state index contributed by atoms with van der Waals surface area (Å²) in [6, 6.07) is 22.9. The molecule has 0 saturated heterocycles. The lowest BCUT2D eigenvalue weighted by Crippen LogP contribution is -2.30. The first-order chi connectivity index (χ1) is 22.0. The van der Waals surface area contributed by atoms with Crippen LogP contribution in [0.15, 0.2) is 111 Å². The Morgan fingerprint density at radius 1 is 0.913 bits per heavy atom. The Hall–Kier alpha value is -4.35. The van der Waals surface area contributed by atoms with E-state index in [2.05, 4.69) is 0 Å². The third-order valence-corrected chi connectivity index (χ3v) is 9.54. The first kappa shape index (κ1) is 33.0. The fourth-order valence-electron chi connectivity index (χ4n) is 4.97. The zero-order valence-corrected chi connectivity index (χ0v) is 27.5. The Morgan fingerprint density at radius 2 is 1.54 bits per heavy atom. The van der Waals surface area contributed by atoms with Crippen molar-refractivity contribution in [2.45, 2.75) is 31.8 Å². The van der Waals surface area contributed by atoms with Gasteiger partial charge >= 0.3 is 5.97 Å². The summed E-state index contributed by atoms with van der Waals surface area (Å²) in [5.41, 5.74) is 1.84. The van der Waals surface area contributed by atoms with Crippen molar-refractivity contribution in [1.29, 1.82) is 0 Å². The minimum Gasteiger partial charge on any atom is -0.497 e. The number of benzene rings is 3. The van der Waals surface area contributed by atoms with Crippen LogP contribution in [0, 0.1) is 0 Å². The van der Waals surface area contributed by atoms with Crippen molar-refractivity contribution < 1.29 is 31.9 Å². The van der Waals surface area contributed by atoms with Gasteiger partial charge in [-0.3, -0.25) is 9.69 Å². The Balaban J connectivity index is 1.48. The Morgan fingerprint density at radius 3 is 2.15 bits per heavy atom. The smallest absolute Gasteiger partial charge is 0.340 e. The van der Waals surface area contributed by atoms with Crippen molar-refractivity contribution in [3.63, 3.8) is 0 Å². The first-order valence-electron chi connectivity index (χ1n) is 14.2. The highest BCUT2D eigenvalue weighted by molar-refractivity contribution is 7.89. The largest absolute Gasteiger partial charge is 0.497 e. The maximum atomic E-state index is 13.8. The quantitative estimate of drug-likeness (QED) is 0.121. The number of nitrogens with zero attached hydrogens (tertiary/aromatic N) is 2. The number of ether oxygens (including phenoxy) is 2. The molecule has 1 aromatic heterocycles. The van der Waals surface area contributed by atoms with E-state index < -0.39 is 21.9 Å². The van der Waals surface area contributed by atoms with Gasteiger partial charge in [-0.1, -0.05) is 35.3 Å². The van der Waals surface area contributed by atoms with E-state index in [9.17, 15) is 18.0 Å². The number of allylic oxidation sites excluding steroid dienone is 1. The van der Waals surface area contributed by atoms with Gasteiger partial charge in [-0.2, -0.15) is 4.31 Å².